The second-order valence-corrected chi connectivity index (χ2v) is 6.23. The molecule has 0 fully saturated rings. The summed E-state index contributed by atoms with van der Waals surface area (Å²) in [6.45, 7) is 4.04. The Morgan fingerprint density at radius 1 is 1.29 bits per heavy atom. The fourth-order valence-corrected chi connectivity index (χ4v) is 2.67. The Balaban J connectivity index is 2.33. The topological polar surface area (TPSA) is 58.2 Å². The number of carbonyl (C=O) groups is 2. The fourth-order valence-electron chi connectivity index (χ4n) is 1.57. The lowest BCUT2D eigenvalue weighted by molar-refractivity contribution is -0.127. The molecular formula is C14H18Cl2N2O2S. The molecule has 21 heavy (non-hydrogen) atoms. The molecule has 0 aliphatic carbocycles. The first-order valence-electron chi connectivity index (χ1n) is 6.52. The summed E-state index contributed by atoms with van der Waals surface area (Å²) in [7, 11) is 0. The van der Waals surface area contributed by atoms with E-state index in [1.807, 2.05) is 13.0 Å². The van der Waals surface area contributed by atoms with Crippen molar-refractivity contribution >= 4 is 46.8 Å². The van der Waals surface area contributed by atoms with Crippen LogP contribution in [0.3, 0.4) is 0 Å². The molecule has 0 aliphatic rings. The molecule has 0 saturated carbocycles. The van der Waals surface area contributed by atoms with E-state index in [2.05, 4.69) is 10.6 Å². The number of rotatable bonds is 7. The van der Waals surface area contributed by atoms with Gasteiger partial charge in [-0.15, -0.1) is 11.8 Å². The molecular weight excluding hydrogens is 331 g/mol. The van der Waals surface area contributed by atoms with Crippen LogP contribution in [-0.2, 0) is 15.3 Å². The lowest BCUT2D eigenvalue weighted by Crippen LogP contribution is -2.45. The second kappa shape index (κ2) is 9.18. The molecule has 0 radical (unpaired) electrons. The number of halogens is 2. The molecule has 0 bridgehead atoms. The SMILES string of the molecule is CCNC(=O)[C@@H](C)NC(=O)CSCc1ccc(Cl)c(Cl)c1. The van der Waals surface area contributed by atoms with E-state index in [-0.39, 0.29) is 17.6 Å². The maximum atomic E-state index is 11.7. The molecule has 1 aromatic carbocycles. The maximum Gasteiger partial charge on any atom is 0.242 e. The minimum atomic E-state index is -0.525. The van der Waals surface area contributed by atoms with E-state index in [1.165, 1.54) is 11.8 Å². The van der Waals surface area contributed by atoms with Crippen molar-refractivity contribution in [2.75, 3.05) is 12.3 Å². The molecule has 2 amide bonds. The van der Waals surface area contributed by atoms with Gasteiger partial charge < -0.3 is 10.6 Å². The van der Waals surface area contributed by atoms with E-state index in [4.69, 9.17) is 23.2 Å². The molecule has 1 aromatic rings. The van der Waals surface area contributed by atoms with E-state index in [0.29, 0.717) is 22.3 Å². The van der Waals surface area contributed by atoms with Crippen LogP contribution in [0.25, 0.3) is 0 Å². The Kier molecular flexibility index (Phi) is 7.93. The number of hydrogen-bond acceptors (Lipinski definition) is 3. The highest BCUT2D eigenvalue weighted by Crippen LogP contribution is 2.24. The van der Waals surface area contributed by atoms with E-state index in [9.17, 15) is 9.59 Å². The molecule has 1 rings (SSSR count). The van der Waals surface area contributed by atoms with Crippen LogP contribution >= 0.6 is 35.0 Å². The van der Waals surface area contributed by atoms with Gasteiger partial charge in [0.25, 0.3) is 0 Å². The summed E-state index contributed by atoms with van der Waals surface area (Å²) >= 11 is 13.2. The summed E-state index contributed by atoms with van der Waals surface area (Å²) in [5.74, 6) is 0.586. The third kappa shape index (κ3) is 6.59. The van der Waals surface area contributed by atoms with Crippen LogP contribution in [0, 0.1) is 0 Å². The van der Waals surface area contributed by atoms with Gasteiger partial charge in [-0.3, -0.25) is 9.59 Å². The Morgan fingerprint density at radius 2 is 2.00 bits per heavy atom. The highest BCUT2D eigenvalue weighted by molar-refractivity contribution is 7.99. The van der Waals surface area contributed by atoms with Crippen molar-refractivity contribution in [3.8, 4) is 0 Å². The summed E-state index contributed by atoms with van der Waals surface area (Å²) in [5.41, 5.74) is 0.999. The highest BCUT2D eigenvalue weighted by Gasteiger charge is 2.14. The molecule has 0 heterocycles. The van der Waals surface area contributed by atoms with Crippen molar-refractivity contribution in [2.24, 2.45) is 0 Å². The number of likely N-dealkylation sites (N-methyl/N-ethyl adjacent to an activating group) is 1. The molecule has 0 saturated heterocycles. The van der Waals surface area contributed by atoms with Crippen LogP contribution in [0.4, 0.5) is 0 Å². The molecule has 2 N–H and O–H groups in total. The first-order valence-corrected chi connectivity index (χ1v) is 8.43. The number of nitrogens with one attached hydrogen (secondary N) is 2. The number of benzene rings is 1. The van der Waals surface area contributed by atoms with Gasteiger partial charge in [-0.25, -0.2) is 0 Å². The van der Waals surface area contributed by atoms with E-state index >= 15 is 0 Å². The Labute approximate surface area is 139 Å². The molecule has 0 aliphatic heterocycles. The highest BCUT2D eigenvalue weighted by atomic mass is 35.5. The van der Waals surface area contributed by atoms with Gasteiger partial charge in [-0.1, -0.05) is 29.3 Å². The number of amides is 2. The predicted molar refractivity (Wildman–Crippen MR) is 88.9 cm³/mol. The zero-order chi connectivity index (χ0) is 15.8. The monoisotopic (exact) mass is 348 g/mol. The van der Waals surface area contributed by atoms with Gasteiger partial charge in [-0.05, 0) is 31.5 Å². The number of hydrogen-bond donors (Lipinski definition) is 2. The number of carbonyl (C=O) groups excluding carboxylic acids is 2. The summed E-state index contributed by atoms with van der Waals surface area (Å²) in [4.78, 5) is 23.2. The summed E-state index contributed by atoms with van der Waals surface area (Å²) in [6.07, 6.45) is 0. The summed E-state index contributed by atoms with van der Waals surface area (Å²) < 4.78 is 0. The van der Waals surface area contributed by atoms with Gasteiger partial charge in [0.15, 0.2) is 0 Å². The molecule has 0 unspecified atom stereocenters. The summed E-state index contributed by atoms with van der Waals surface area (Å²) in [5, 5.41) is 6.33. The first-order chi connectivity index (χ1) is 9.93. The number of thioether (sulfide) groups is 1. The minimum absolute atomic E-state index is 0.168. The molecule has 116 valence electrons. The molecule has 0 spiro atoms. The van der Waals surface area contributed by atoms with Crippen molar-refractivity contribution in [1.82, 2.24) is 10.6 Å². The Hall–Kier alpha value is -0.910. The van der Waals surface area contributed by atoms with Crippen molar-refractivity contribution in [1.29, 1.82) is 0 Å². The van der Waals surface area contributed by atoms with Crippen molar-refractivity contribution in [3.63, 3.8) is 0 Å². The van der Waals surface area contributed by atoms with Crippen LogP contribution in [0.15, 0.2) is 18.2 Å². The quantitative estimate of drug-likeness (QED) is 0.796. The summed E-state index contributed by atoms with van der Waals surface area (Å²) in [6, 6.07) is 4.86. The third-order valence-electron chi connectivity index (χ3n) is 2.61. The zero-order valence-electron chi connectivity index (χ0n) is 11.9. The molecule has 4 nitrogen and oxygen atoms in total. The van der Waals surface area contributed by atoms with Crippen molar-refractivity contribution < 1.29 is 9.59 Å². The Bertz CT molecular complexity index is 512. The van der Waals surface area contributed by atoms with E-state index in [0.717, 1.165) is 5.56 Å². The van der Waals surface area contributed by atoms with Gasteiger partial charge in [0.1, 0.15) is 6.04 Å². The van der Waals surface area contributed by atoms with Crippen LogP contribution in [0.2, 0.25) is 10.0 Å². The van der Waals surface area contributed by atoms with Crippen molar-refractivity contribution in [3.05, 3.63) is 33.8 Å². The van der Waals surface area contributed by atoms with E-state index in [1.54, 1.807) is 19.1 Å². The standard InChI is InChI=1S/C14H18Cl2N2O2S/c1-3-17-14(20)9(2)18-13(19)8-21-7-10-4-5-11(15)12(16)6-10/h4-6,9H,3,7-8H2,1-2H3,(H,17,20)(H,18,19)/t9-/m1/s1. The second-order valence-electron chi connectivity index (χ2n) is 4.43. The van der Waals surface area contributed by atoms with Gasteiger partial charge in [0.2, 0.25) is 11.8 Å². The zero-order valence-corrected chi connectivity index (χ0v) is 14.2. The van der Waals surface area contributed by atoms with E-state index < -0.39 is 6.04 Å². The molecule has 1 atom stereocenters. The van der Waals surface area contributed by atoms with Gasteiger partial charge >= 0.3 is 0 Å². The van der Waals surface area contributed by atoms with Gasteiger partial charge in [0, 0.05) is 12.3 Å². The van der Waals surface area contributed by atoms with Gasteiger partial charge in [0.05, 0.1) is 15.8 Å². The maximum absolute atomic E-state index is 11.7. The van der Waals surface area contributed by atoms with Gasteiger partial charge in [-0.2, -0.15) is 0 Å². The normalized spacial score (nSPS) is 11.8. The average molecular weight is 349 g/mol. The van der Waals surface area contributed by atoms with Crippen LogP contribution in [0.5, 0.6) is 0 Å². The fraction of sp³-hybridized carbons (Fsp3) is 0.429. The minimum Gasteiger partial charge on any atom is -0.355 e. The predicted octanol–water partition coefficient (Wildman–Crippen LogP) is 2.87. The lowest BCUT2D eigenvalue weighted by Gasteiger charge is -2.13. The Morgan fingerprint density at radius 3 is 2.62 bits per heavy atom. The smallest absolute Gasteiger partial charge is 0.242 e. The third-order valence-corrected chi connectivity index (χ3v) is 4.35. The van der Waals surface area contributed by atoms with Crippen LogP contribution in [0.1, 0.15) is 19.4 Å². The van der Waals surface area contributed by atoms with Crippen LogP contribution in [-0.4, -0.2) is 30.2 Å². The average Bonchev–Trinajstić information content (AvgIpc) is 2.43. The lowest BCUT2D eigenvalue weighted by atomic mass is 10.2. The molecule has 7 heteroatoms. The molecule has 0 aromatic heterocycles. The first kappa shape index (κ1) is 18.1. The van der Waals surface area contributed by atoms with Crippen LogP contribution < -0.4 is 10.6 Å². The van der Waals surface area contributed by atoms with Crippen molar-refractivity contribution in [2.45, 2.75) is 25.6 Å². The largest absolute Gasteiger partial charge is 0.355 e.